The molecular weight excluding hydrogens is 362 g/mol. The minimum Gasteiger partial charge on any atom is -0.495 e. The molecule has 1 N–H and O–H groups in total. The average molecular weight is 388 g/mol. The minimum atomic E-state index is -3.85. The van der Waals surface area contributed by atoms with Crippen LogP contribution >= 0.6 is 0 Å². The molecule has 0 aromatic heterocycles. The zero-order valence-corrected chi connectivity index (χ0v) is 16.7. The normalized spacial score (nSPS) is 16.1. The van der Waals surface area contributed by atoms with Crippen LogP contribution in [0.15, 0.2) is 47.4 Å². The van der Waals surface area contributed by atoms with Gasteiger partial charge in [0.1, 0.15) is 5.75 Å². The van der Waals surface area contributed by atoms with E-state index in [-0.39, 0.29) is 4.90 Å². The molecule has 0 unspecified atom stereocenters. The smallest absolute Gasteiger partial charge is 0.246 e. The molecular formula is C21H25NO4S. The maximum Gasteiger partial charge on any atom is 0.246 e. The number of carbonyl (C=O) groups excluding carboxylic acids is 1. The molecule has 1 saturated carbocycles. The first-order chi connectivity index (χ1) is 12.8. The quantitative estimate of drug-likeness (QED) is 0.840. The van der Waals surface area contributed by atoms with Crippen LogP contribution in [0, 0.1) is 13.8 Å². The van der Waals surface area contributed by atoms with Gasteiger partial charge in [0.15, 0.2) is 14.6 Å². The largest absolute Gasteiger partial charge is 0.495 e. The van der Waals surface area contributed by atoms with Gasteiger partial charge in [0.2, 0.25) is 5.91 Å². The van der Waals surface area contributed by atoms with Crippen LogP contribution in [0.2, 0.25) is 0 Å². The minimum absolute atomic E-state index is 0.250. The Balaban J connectivity index is 2.05. The second-order valence-corrected chi connectivity index (χ2v) is 9.36. The van der Waals surface area contributed by atoms with E-state index in [0.717, 1.165) is 5.56 Å². The molecule has 0 bridgehead atoms. The van der Waals surface area contributed by atoms with Gasteiger partial charge in [-0.1, -0.05) is 37.1 Å². The number of hydrogen-bond donors (Lipinski definition) is 1. The molecule has 2 aromatic rings. The third-order valence-electron chi connectivity index (χ3n) is 5.33. The van der Waals surface area contributed by atoms with Crippen molar-refractivity contribution in [2.75, 3.05) is 12.4 Å². The summed E-state index contributed by atoms with van der Waals surface area (Å²) < 4.78 is 31.1. The van der Waals surface area contributed by atoms with E-state index in [1.807, 2.05) is 13.0 Å². The number of carbonyl (C=O) groups is 1. The zero-order chi connectivity index (χ0) is 19.7. The lowest BCUT2D eigenvalue weighted by molar-refractivity contribution is -0.118. The van der Waals surface area contributed by atoms with Crippen LogP contribution in [0.4, 0.5) is 5.69 Å². The van der Waals surface area contributed by atoms with Gasteiger partial charge in [-0.3, -0.25) is 4.79 Å². The molecule has 0 atom stereocenters. The SMILES string of the molecule is COc1ccccc1NC(=O)C1(S(=O)(=O)c2cc(C)ccc2C)CCCC1. The van der Waals surface area contributed by atoms with Gasteiger partial charge in [-0.15, -0.1) is 0 Å². The number of benzene rings is 2. The highest BCUT2D eigenvalue weighted by atomic mass is 32.2. The van der Waals surface area contributed by atoms with Gasteiger partial charge >= 0.3 is 0 Å². The fourth-order valence-corrected chi connectivity index (χ4v) is 6.13. The van der Waals surface area contributed by atoms with Crippen molar-refractivity contribution in [1.29, 1.82) is 0 Å². The van der Waals surface area contributed by atoms with E-state index in [1.54, 1.807) is 43.3 Å². The van der Waals surface area contributed by atoms with Gasteiger partial charge in [0, 0.05) is 0 Å². The molecule has 5 nitrogen and oxygen atoms in total. The van der Waals surface area contributed by atoms with Crippen LogP contribution < -0.4 is 10.1 Å². The molecule has 6 heteroatoms. The first-order valence-electron chi connectivity index (χ1n) is 9.08. The summed E-state index contributed by atoms with van der Waals surface area (Å²) in [5.41, 5.74) is 2.00. The Bertz CT molecular complexity index is 960. The lowest BCUT2D eigenvalue weighted by Gasteiger charge is -2.28. The van der Waals surface area contributed by atoms with Gasteiger partial charge in [-0.2, -0.15) is 0 Å². The number of nitrogens with one attached hydrogen (secondary N) is 1. The third-order valence-corrected chi connectivity index (χ3v) is 7.97. The molecule has 0 saturated heterocycles. The van der Waals surface area contributed by atoms with E-state index >= 15 is 0 Å². The first kappa shape index (κ1) is 19.4. The number of sulfone groups is 1. The predicted molar refractivity (Wildman–Crippen MR) is 106 cm³/mol. The van der Waals surface area contributed by atoms with Crippen molar-refractivity contribution in [2.45, 2.75) is 49.2 Å². The lowest BCUT2D eigenvalue weighted by atomic mass is 10.1. The van der Waals surface area contributed by atoms with Gasteiger partial charge in [0.05, 0.1) is 17.7 Å². The Morgan fingerprint density at radius 3 is 2.41 bits per heavy atom. The molecule has 0 aliphatic heterocycles. The maximum atomic E-state index is 13.6. The van der Waals surface area contributed by atoms with Crippen LogP contribution in [-0.2, 0) is 14.6 Å². The van der Waals surface area contributed by atoms with E-state index in [9.17, 15) is 13.2 Å². The molecule has 144 valence electrons. The molecule has 1 fully saturated rings. The first-order valence-corrected chi connectivity index (χ1v) is 10.6. The van der Waals surface area contributed by atoms with Crippen molar-refractivity contribution in [3.8, 4) is 5.75 Å². The number of rotatable bonds is 5. The Morgan fingerprint density at radius 1 is 1.07 bits per heavy atom. The summed E-state index contributed by atoms with van der Waals surface area (Å²) in [6, 6.07) is 12.4. The van der Waals surface area contributed by atoms with Crippen molar-refractivity contribution < 1.29 is 17.9 Å². The topological polar surface area (TPSA) is 72.5 Å². The Labute approximate surface area is 160 Å². The molecule has 1 aliphatic rings. The standard InChI is InChI=1S/C21H25NO4S/c1-15-10-11-16(2)19(14-15)27(24,25)21(12-6-7-13-21)20(23)22-17-8-4-5-9-18(17)26-3/h4-5,8-11,14H,6-7,12-13H2,1-3H3,(H,22,23). The molecule has 1 amide bonds. The Kier molecular flexibility index (Phi) is 5.29. The van der Waals surface area contributed by atoms with Gasteiger partial charge in [0.25, 0.3) is 0 Å². The Hall–Kier alpha value is -2.34. The van der Waals surface area contributed by atoms with E-state index < -0.39 is 20.5 Å². The number of aryl methyl sites for hydroxylation is 2. The lowest BCUT2D eigenvalue weighted by Crippen LogP contribution is -2.47. The highest BCUT2D eigenvalue weighted by Crippen LogP contribution is 2.42. The zero-order valence-electron chi connectivity index (χ0n) is 15.9. The fraction of sp³-hybridized carbons (Fsp3) is 0.381. The Morgan fingerprint density at radius 2 is 1.74 bits per heavy atom. The molecule has 2 aromatic carbocycles. The van der Waals surface area contributed by atoms with E-state index in [4.69, 9.17) is 4.74 Å². The second kappa shape index (κ2) is 7.35. The number of methoxy groups -OCH3 is 1. The summed E-state index contributed by atoms with van der Waals surface area (Å²) in [4.78, 5) is 13.5. The second-order valence-electron chi connectivity index (χ2n) is 7.13. The molecule has 1 aliphatic carbocycles. The van der Waals surface area contributed by atoms with Crippen LogP contribution in [0.25, 0.3) is 0 Å². The molecule has 0 radical (unpaired) electrons. The number of para-hydroxylation sites is 2. The van der Waals surface area contributed by atoms with Crippen molar-refractivity contribution >= 4 is 21.4 Å². The fourth-order valence-electron chi connectivity index (χ4n) is 3.76. The highest BCUT2D eigenvalue weighted by Gasteiger charge is 2.53. The monoisotopic (exact) mass is 387 g/mol. The summed E-state index contributed by atoms with van der Waals surface area (Å²) in [5, 5.41) is 2.81. The average Bonchev–Trinajstić information content (AvgIpc) is 3.16. The van der Waals surface area contributed by atoms with Crippen LogP contribution in [0.1, 0.15) is 36.8 Å². The molecule has 3 rings (SSSR count). The summed E-state index contributed by atoms with van der Waals surface area (Å²) in [5.74, 6) is 0.0218. The van der Waals surface area contributed by atoms with Gasteiger partial charge < -0.3 is 10.1 Å². The molecule has 0 spiro atoms. The summed E-state index contributed by atoms with van der Waals surface area (Å²) in [6.07, 6.45) is 2.07. The van der Waals surface area contributed by atoms with E-state index in [0.29, 0.717) is 42.7 Å². The van der Waals surface area contributed by atoms with Crippen LogP contribution in [0.3, 0.4) is 0 Å². The predicted octanol–water partition coefficient (Wildman–Crippen LogP) is 4.04. The van der Waals surface area contributed by atoms with Crippen molar-refractivity contribution in [3.63, 3.8) is 0 Å². The number of anilines is 1. The molecule has 0 heterocycles. The van der Waals surface area contributed by atoms with Crippen molar-refractivity contribution in [3.05, 3.63) is 53.6 Å². The van der Waals surface area contributed by atoms with Crippen LogP contribution in [0.5, 0.6) is 5.75 Å². The number of amides is 1. The highest BCUT2D eigenvalue weighted by molar-refractivity contribution is 7.93. The third kappa shape index (κ3) is 3.34. The number of ether oxygens (including phenoxy) is 1. The van der Waals surface area contributed by atoms with Crippen molar-refractivity contribution in [1.82, 2.24) is 0 Å². The summed E-state index contributed by atoms with van der Waals surface area (Å²) in [7, 11) is -2.33. The van der Waals surface area contributed by atoms with E-state index in [1.165, 1.54) is 7.11 Å². The van der Waals surface area contributed by atoms with E-state index in [2.05, 4.69) is 5.32 Å². The maximum absolute atomic E-state index is 13.6. The van der Waals surface area contributed by atoms with Crippen LogP contribution in [-0.4, -0.2) is 26.2 Å². The van der Waals surface area contributed by atoms with Gasteiger partial charge in [-0.05, 0) is 56.0 Å². The summed E-state index contributed by atoms with van der Waals surface area (Å²) in [6.45, 7) is 3.63. The summed E-state index contributed by atoms with van der Waals surface area (Å²) >= 11 is 0. The van der Waals surface area contributed by atoms with Gasteiger partial charge in [-0.25, -0.2) is 8.42 Å². The van der Waals surface area contributed by atoms with Crippen molar-refractivity contribution in [2.24, 2.45) is 0 Å². The molecule has 27 heavy (non-hydrogen) atoms. The number of hydrogen-bond acceptors (Lipinski definition) is 4.